The predicted molar refractivity (Wildman–Crippen MR) is 42.1 cm³/mol. The molecule has 0 saturated carbocycles. The Kier molecular flexibility index (Phi) is 1.47. The van der Waals surface area contributed by atoms with Gasteiger partial charge >= 0.3 is 0 Å². The van der Waals surface area contributed by atoms with Gasteiger partial charge in [0, 0.05) is 24.3 Å². The van der Waals surface area contributed by atoms with E-state index in [1.807, 2.05) is 0 Å². The first-order valence-corrected chi connectivity index (χ1v) is 3.67. The third-order valence-electron chi connectivity index (χ3n) is 1.89. The van der Waals surface area contributed by atoms with Crippen molar-refractivity contribution in [2.75, 3.05) is 11.9 Å². The van der Waals surface area contributed by atoms with E-state index in [4.69, 9.17) is 5.73 Å². The third kappa shape index (κ3) is 1.05. The average molecular weight is 150 g/mol. The summed E-state index contributed by atoms with van der Waals surface area (Å²) >= 11 is 0. The summed E-state index contributed by atoms with van der Waals surface area (Å²) in [5.41, 5.74) is 6.85. The molecule has 2 rings (SSSR count). The van der Waals surface area contributed by atoms with Crippen LogP contribution in [0, 0.1) is 0 Å². The molecule has 4 heteroatoms. The first-order chi connectivity index (χ1) is 5.38. The second-order valence-corrected chi connectivity index (χ2v) is 2.65. The summed E-state index contributed by atoms with van der Waals surface area (Å²) in [7, 11) is 0. The lowest BCUT2D eigenvalue weighted by Gasteiger charge is -2.21. The van der Waals surface area contributed by atoms with Gasteiger partial charge in [-0.2, -0.15) is 0 Å². The second kappa shape index (κ2) is 2.47. The minimum absolute atomic E-state index is 0.104. The van der Waals surface area contributed by atoms with E-state index in [1.165, 1.54) is 6.33 Å². The zero-order valence-electron chi connectivity index (χ0n) is 6.12. The number of hydrogen-bond donors (Lipinski definition) is 2. The molecular formula is C7H10N4. The molecule has 1 aliphatic rings. The second-order valence-electron chi connectivity index (χ2n) is 2.65. The highest BCUT2D eigenvalue weighted by Gasteiger charge is 2.16. The fraction of sp³-hybridized carbons (Fsp3) is 0.429. The molecule has 0 amide bonds. The van der Waals surface area contributed by atoms with E-state index in [0.29, 0.717) is 0 Å². The maximum absolute atomic E-state index is 5.83. The normalized spacial score (nSPS) is 22.1. The third-order valence-corrected chi connectivity index (χ3v) is 1.89. The number of anilines is 1. The van der Waals surface area contributed by atoms with E-state index in [0.717, 1.165) is 24.3 Å². The van der Waals surface area contributed by atoms with Gasteiger partial charge in [0.15, 0.2) is 0 Å². The van der Waals surface area contributed by atoms with E-state index in [1.54, 1.807) is 6.20 Å². The van der Waals surface area contributed by atoms with Crippen LogP contribution in [0.4, 0.5) is 5.82 Å². The number of nitrogens with one attached hydrogen (secondary N) is 1. The van der Waals surface area contributed by atoms with Crippen LogP contribution in [0.25, 0.3) is 0 Å². The van der Waals surface area contributed by atoms with Crippen LogP contribution in [0.1, 0.15) is 18.0 Å². The number of nitrogens with two attached hydrogens (primary N) is 1. The molecule has 0 aromatic carbocycles. The summed E-state index contributed by atoms with van der Waals surface area (Å²) in [6.07, 6.45) is 4.27. The number of fused-ring (bicyclic) bond motifs is 1. The van der Waals surface area contributed by atoms with Gasteiger partial charge in [0.1, 0.15) is 12.1 Å². The van der Waals surface area contributed by atoms with Gasteiger partial charge in [0.05, 0.1) is 0 Å². The Morgan fingerprint density at radius 3 is 3.36 bits per heavy atom. The van der Waals surface area contributed by atoms with E-state index in [2.05, 4.69) is 15.3 Å². The maximum atomic E-state index is 5.83. The van der Waals surface area contributed by atoms with Gasteiger partial charge in [-0.15, -0.1) is 0 Å². The summed E-state index contributed by atoms with van der Waals surface area (Å²) < 4.78 is 0. The Labute approximate surface area is 64.8 Å². The van der Waals surface area contributed by atoms with Crippen LogP contribution in [0.2, 0.25) is 0 Å². The minimum Gasteiger partial charge on any atom is -0.370 e. The van der Waals surface area contributed by atoms with Gasteiger partial charge in [-0.25, -0.2) is 9.97 Å². The lowest BCUT2D eigenvalue weighted by Crippen LogP contribution is -2.23. The molecule has 11 heavy (non-hydrogen) atoms. The SMILES string of the molecule is NC1CCNc2ncncc21. The fourth-order valence-electron chi connectivity index (χ4n) is 1.26. The Hall–Kier alpha value is -1.16. The number of aromatic nitrogens is 2. The molecule has 1 aromatic rings. The van der Waals surface area contributed by atoms with E-state index >= 15 is 0 Å². The highest BCUT2D eigenvalue weighted by molar-refractivity contribution is 5.46. The van der Waals surface area contributed by atoms with Crippen LogP contribution in [0.15, 0.2) is 12.5 Å². The summed E-state index contributed by atoms with van der Waals surface area (Å²) in [5, 5.41) is 3.16. The first-order valence-electron chi connectivity index (χ1n) is 3.67. The Morgan fingerprint density at radius 1 is 1.64 bits per heavy atom. The van der Waals surface area contributed by atoms with E-state index < -0.39 is 0 Å². The van der Waals surface area contributed by atoms with Crippen molar-refractivity contribution in [1.29, 1.82) is 0 Å². The molecule has 1 aliphatic heterocycles. The van der Waals surface area contributed by atoms with Crippen LogP contribution >= 0.6 is 0 Å². The molecule has 0 bridgehead atoms. The molecule has 3 N–H and O–H groups in total. The molecule has 58 valence electrons. The monoisotopic (exact) mass is 150 g/mol. The largest absolute Gasteiger partial charge is 0.370 e. The fourth-order valence-corrected chi connectivity index (χ4v) is 1.26. The molecule has 0 saturated heterocycles. The Morgan fingerprint density at radius 2 is 2.55 bits per heavy atom. The topological polar surface area (TPSA) is 63.8 Å². The molecule has 0 aliphatic carbocycles. The minimum atomic E-state index is 0.104. The van der Waals surface area contributed by atoms with Crippen molar-refractivity contribution >= 4 is 5.82 Å². The van der Waals surface area contributed by atoms with Crippen LogP contribution in [-0.4, -0.2) is 16.5 Å². The van der Waals surface area contributed by atoms with Crippen molar-refractivity contribution in [3.8, 4) is 0 Å². The summed E-state index contributed by atoms with van der Waals surface area (Å²) in [6, 6.07) is 0.104. The highest BCUT2D eigenvalue weighted by atomic mass is 15.0. The molecule has 0 spiro atoms. The van der Waals surface area contributed by atoms with Gasteiger partial charge in [0.25, 0.3) is 0 Å². The van der Waals surface area contributed by atoms with Crippen molar-refractivity contribution in [2.45, 2.75) is 12.5 Å². The zero-order chi connectivity index (χ0) is 7.68. The quantitative estimate of drug-likeness (QED) is 0.558. The standard InChI is InChI=1S/C7H10N4/c8-6-1-2-10-7-5(6)3-9-4-11-7/h3-4,6H,1-2,8H2,(H,9,10,11). The highest BCUT2D eigenvalue weighted by Crippen LogP contribution is 2.23. The van der Waals surface area contributed by atoms with Gasteiger partial charge < -0.3 is 11.1 Å². The maximum Gasteiger partial charge on any atom is 0.134 e. The van der Waals surface area contributed by atoms with Gasteiger partial charge in [-0.05, 0) is 6.42 Å². The molecular weight excluding hydrogens is 140 g/mol. The van der Waals surface area contributed by atoms with E-state index in [-0.39, 0.29) is 6.04 Å². The van der Waals surface area contributed by atoms with Crippen LogP contribution in [0.3, 0.4) is 0 Å². The van der Waals surface area contributed by atoms with Gasteiger partial charge in [-0.3, -0.25) is 0 Å². The van der Waals surface area contributed by atoms with Crippen molar-refractivity contribution in [1.82, 2.24) is 9.97 Å². The lowest BCUT2D eigenvalue weighted by atomic mass is 10.0. The van der Waals surface area contributed by atoms with Crippen LogP contribution < -0.4 is 11.1 Å². The lowest BCUT2D eigenvalue weighted by molar-refractivity contribution is 0.645. The van der Waals surface area contributed by atoms with Crippen molar-refractivity contribution < 1.29 is 0 Å². The molecule has 2 heterocycles. The van der Waals surface area contributed by atoms with E-state index in [9.17, 15) is 0 Å². The first kappa shape index (κ1) is 6.54. The molecule has 0 fully saturated rings. The number of nitrogens with zero attached hydrogens (tertiary/aromatic N) is 2. The average Bonchev–Trinajstić information content (AvgIpc) is 2.06. The smallest absolute Gasteiger partial charge is 0.134 e. The number of hydrogen-bond acceptors (Lipinski definition) is 4. The van der Waals surface area contributed by atoms with Crippen LogP contribution in [-0.2, 0) is 0 Å². The van der Waals surface area contributed by atoms with Gasteiger partial charge in [-0.1, -0.05) is 0 Å². The molecule has 1 aromatic heterocycles. The zero-order valence-corrected chi connectivity index (χ0v) is 6.12. The Bertz CT molecular complexity index is 260. The Balaban J connectivity index is 2.44. The summed E-state index contributed by atoms with van der Waals surface area (Å²) in [5.74, 6) is 0.888. The van der Waals surface area contributed by atoms with Crippen LogP contribution in [0.5, 0.6) is 0 Å². The summed E-state index contributed by atoms with van der Waals surface area (Å²) in [4.78, 5) is 7.98. The van der Waals surface area contributed by atoms with Gasteiger partial charge in [0.2, 0.25) is 0 Å². The van der Waals surface area contributed by atoms with Crippen molar-refractivity contribution in [2.24, 2.45) is 5.73 Å². The molecule has 0 radical (unpaired) electrons. The molecule has 1 unspecified atom stereocenters. The molecule has 1 atom stereocenters. The molecule has 4 nitrogen and oxygen atoms in total. The predicted octanol–water partition coefficient (Wildman–Crippen LogP) is 0.292. The number of rotatable bonds is 0. The summed E-state index contributed by atoms with van der Waals surface area (Å²) in [6.45, 7) is 0.908. The van der Waals surface area contributed by atoms with Crippen molar-refractivity contribution in [3.05, 3.63) is 18.1 Å². The van der Waals surface area contributed by atoms with Crippen molar-refractivity contribution in [3.63, 3.8) is 0 Å².